The van der Waals surface area contributed by atoms with Gasteiger partial charge in [-0.05, 0) is 43.5 Å². The van der Waals surface area contributed by atoms with Crippen molar-refractivity contribution < 1.29 is 14.7 Å². The minimum Gasteiger partial charge on any atom is -0.481 e. The number of nitrogens with one attached hydrogen (secondary N) is 2. The van der Waals surface area contributed by atoms with Gasteiger partial charge in [-0.15, -0.1) is 0 Å². The summed E-state index contributed by atoms with van der Waals surface area (Å²) < 4.78 is 0. The molecule has 6 heteroatoms. The Morgan fingerprint density at radius 3 is 2.40 bits per heavy atom. The topological polar surface area (TPSA) is 104 Å². The van der Waals surface area contributed by atoms with Crippen LogP contribution in [0.4, 0.5) is 16.2 Å². The lowest BCUT2D eigenvalue weighted by atomic mass is 9.85. The number of hydrogen-bond acceptors (Lipinski definition) is 3. The van der Waals surface area contributed by atoms with Crippen molar-refractivity contribution in [2.24, 2.45) is 11.7 Å². The number of rotatable bonds is 4. The Balaban J connectivity index is 1.92. The lowest BCUT2D eigenvalue weighted by Gasteiger charge is -2.28. The molecule has 2 amide bonds. The number of nitrogens with two attached hydrogens (primary N) is 1. The Bertz CT molecular complexity index is 487. The highest BCUT2D eigenvalue weighted by Gasteiger charge is 2.26. The van der Waals surface area contributed by atoms with Gasteiger partial charge in [0.2, 0.25) is 0 Å². The second kappa shape index (κ2) is 6.27. The minimum atomic E-state index is -0.711. The van der Waals surface area contributed by atoms with Gasteiger partial charge in [-0.3, -0.25) is 4.79 Å². The zero-order chi connectivity index (χ0) is 14.5. The number of hydrogen-bond donors (Lipinski definition) is 4. The maximum atomic E-state index is 11.0. The molecule has 0 radical (unpaired) electrons. The number of amides is 2. The summed E-state index contributed by atoms with van der Waals surface area (Å²) in [5.74, 6) is -0.963. The van der Waals surface area contributed by atoms with Crippen molar-refractivity contribution in [2.75, 3.05) is 10.6 Å². The normalized spacial score (nSPS) is 22.0. The number of carbonyl (C=O) groups is 2. The van der Waals surface area contributed by atoms with Gasteiger partial charge >= 0.3 is 12.0 Å². The Morgan fingerprint density at radius 1 is 1.15 bits per heavy atom. The van der Waals surface area contributed by atoms with Crippen molar-refractivity contribution in [2.45, 2.75) is 31.7 Å². The van der Waals surface area contributed by atoms with Crippen molar-refractivity contribution in [1.29, 1.82) is 0 Å². The van der Waals surface area contributed by atoms with Gasteiger partial charge in [0.1, 0.15) is 0 Å². The summed E-state index contributed by atoms with van der Waals surface area (Å²) in [6.45, 7) is 0. The van der Waals surface area contributed by atoms with Crippen LogP contribution >= 0.6 is 0 Å². The summed E-state index contributed by atoms with van der Waals surface area (Å²) >= 11 is 0. The number of carbonyl (C=O) groups excluding carboxylic acids is 1. The SMILES string of the molecule is NC(=O)Nc1ccc(NC2CCCC(C(=O)O)C2)cc1. The highest BCUT2D eigenvalue weighted by atomic mass is 16.4. The van der Waals surface area contributed by atoms with E-state index in [9.17, 15) is 9.59 Å². The van der Waals surface area contributed by atoms with E-state index in [1.54, 1.807) is 12.1 Å². The molecule has 0 heterocycles. The molecule has 6 nitrogen and oxygen atoms in total. The molecule has 1 aliphatic rings. The smallest absolute Gasteiger partial charge is 0.316 e. The van der Waals surface area contributed by atoms with E-state index >= 15 is 0 Å². The molecule has 0 spiro atoms. The predicted octanol–water partition coefficient (Wildman–Crippen LogP) is 2.23. The third-order valence-electron chi connectivity index (χ3n) is 3.55. The predicted molar refractivity (Wildman–Crippen MR) is 76.7 cm³/mol. The number of anilines is 2. The van der Waals surface area contributed by atoms with Gasteiger partial charge in [-0.2, -0.15) is 0 Å². The lowest BCUT2D eigenvalue weighted by molar-refractivity contribution is -0.142. The maximum absolute atomic E-state index is 11.0. The van der Waals surface area contributed by atoms with Gasteiger partial charge in [-0.1, -0.05) is 6.42 Å². The molecule has 1 saturated carbocycles. The summed E-state index contributed by atoms with van der Waals surface area (Å²) in [5, 5.41) is 14.9. The highest BCUT2D eigenvalue weighted by molar-refractivity contribution is 5.87. The Kier molecular flexibility index (Phi) is 4.45. The average molecular weight is 277 g/mol. The quantitative estimate of drug-likeness (QED) is 0.677. The van der Waals surface area contributed by atoms with Gasteiger partial charge < -0.3 is 21.5 Å². The van der Waals surface area contributed by atoms with Crippen LogP contribution in [0, 0.1) is 5.92 Å². The van der Waals surface area contributed by atoms with E-state index in [0.29, 0.717) is 12.1 Å². The second-order valence-electron chi connectivity index (χ2n) is 5.11. The van der Waals surface area contributed by atoms with Crippen LogP contribution in [0.1, 0.15) is 25.7 Å². The molecule has 2 unspecified atom stereocenters. The molecular weight excluding hydrogens is 258 g/mol. The van der Waals surface area contributed by atoms with Crippen molar-refractivity contribution >= 4 is 23.4 Å². The van der Waals surface area contributed by atoms with Crippen LogP contribution in [0.25, 0.3) is 0 Å². The van der Waals surface area contributed by atoms with E-state index < -0.39 is 12.0 Å². The molecule has 5 N–H and O–H groups in total. The maximum Gasteiger partial charge on any atom is 0.316 e. The molecule has 2 atom stereocenters. The first-order valence-corrected chi connectivity index (χ1v) is 6.70. The number of benzene rings is 1. The summed E-state index contributed by atoms with van der Waals surface area (Å²) in [6, 6.07) is 6.78. The lowest BCUT2D eigenvalue weighted by Crippen LogP contribution is -2.30. The monoisotopic (exact) mass is 277 g/mol. The van der Waals surface area contributed by atoms with Gasteiger partial charge in [0.25, 0.3) is 0 Å². The van der Waals surface area contributed by atoms with E-state index in [-0.39, 0.29) is 12.0 Å². The van der Waals surface area contributed by atoms with E-state index in [1.807, 2.05) is 12.1 Å². The number of aliphatic carboxylic acids is 1. The summed E-state index contributed by atoms with van der Waals surface area (Å²) in [5.41, 5.74) is 6.58. The number of carboxylic acids is 1. The number of carboxylic acid groups (broad SMARTS) is 1. The van der Waals surface area contributed by atoms with Crippen molar-refractivity contribution in [1.82, 2.24) is 0 Å². The first kappa shape index (κ1) is 14.2. The number of primary amides is 1. The van der Waals surface area contributed by atoms with Gasteiger partial charge in [0.15, 0.2) is 0 Å². The second-order valence-corrected chi connectivity index (χ2v) is 5.11. The van der Waals surface area contributed by atoms with Crippen LogP contribution in [-0.4, -0.2) is 23.1 Å². The molecule has 1 fully saturated rings. The van der Waals surface area contributed by atoms with Crippen LogP contribution in [-0.2, 0) is 4.79 Å². The van der Waals surface area contributed by atoms with Crippen LogP contribution in [0.3, 0.4) is 0 Å². The standard InChI is InChI=1S/C14H19N3O3/c15-14(20)17-11-6-4-10(5-7-11)16-12-3-1-2-9(8-12)13(18)19/h4-7,9,12,16H,1-3,8H2,(H,18,19)(H3,15,17,20). The Labute approximate surface area is 117 Å². The molecule has 0 aromatic heterocycles. The molecule has 1 aromatic carbocycles. The van der Waals surface area contributed by atoms with E-state index in [2.05, 4.69) is 10.6 Å². The molecule has 108 valence electrons. The fourth-order valence-electron chi connectivity index (χ4n) is 2.57. The number of urea groups is 1. The molecule has 1 aliphatic carbocycles. The first-order valence-electron chi connectivity index (χ1n) is 6.70. The van der Waals surface area contributed by atoms with Gasteiger partial charge in [0.05, 0.1) is 5.92 Å². The molecule has 0 saturated heterocycles. The molecule has 0 bridgehead atoms. The third kappa shape index (κ3) is 3.88. The van der Waals surface area contributed by atoms with Crippen LogP contribution < -0.4 is 16.4 Å². The van der Waals surface area contributed by atoms with E-state index in [0.717, 1.165) is 24.9 Å². The zero-order valence-corrected chi connectivity index (χ0v) is 11.1. The first-order chi connectivity index (χ1) is 9.54. The summed E-state index contributed by atoms with van der Waals surface area (Å²) in [4.78, 5) is 21.7. The van der Waals surface area contributed by atoms with Gasteiger partial charge in [-0.25, -0.2) is 4.79 Å². The summed E-state index contributed by atoms with van der Waals surface area (Å²) in [7, 11) is 0. The van der Waals surface area contributed by atoms with Crippen molar-refractivity contribution in [3.05, 3.63) is 24.3 Å². The molecule has 1 aromatic rings. The highest BCUT2D eigenvalue weighted by Crippen LogP contribution is 2.27. The minimum absolute atomic E-state index is 0.180. The summed E-state index contributed by atoms with van der Waals surface area (Å²) in [6.07, 6.45) is 3.31. The Hall–Kier alpha value is -2.24. The molecule has 0 aliphatic heterocycles. The van der Waals surface area contributed by atoms with E-state index in [4.69, 9.17) is 10.8 Å². The van der Waals surface area contributed by atoms with Crippen LogP contribution in [0.2, 0.25) is 0 Å². The van der Waals surface area contributed by atoms with Gasteiger partial charge in [0, 0.05) is 17.4 Å². The molecule has 20 heavy (non-hydrogen) atoms. The van der Waals surface area contributed by atoms with Crippen molar-refractivity contribution in [3.63, 3.8) is 0 Å². The van der Waals surface area contributed by atoms with Crippen LogP contribution in [0.5, 0.6) is 0 Å². The van der Waals surface area contributed by atoms with E-state index in [1.165, 1.54) is 0 Å². The molecular formula is C14H19N3O3. The largest absolute Gasteiger partial charge is 0.481 e. The fraction of sp³-hybridized carbons (Fsp3) is 0.429. The third-order valence-corrected chi connectivity index (χ3v) is 3.55. The van der Waals surface area contributed by atoms with Crippen molar-refractivity contribution in [3.8, 4) is 0 Å². The Morgan fingerprint density at radius 2 is 1.80 bits per heavy atom. The van der Waals surface area contributed by atoms with Crippen LogP contribution in [0.15, 0.2) is 24.3 Å². The fourth-order valence-corrected chi connectivity index (χ4v) is 2.57. The zero-order valence-electron chi connectivity index (χ0n) is 11.1. The average Bonchev–Trinajstić information content (AvgIpc) is 2.41. The molecule has 2 rings (SSSR count).